The van der Waals surface area contributed by atoms with Crippen molar-refractivity contribution in [3.8, 4) is 0 Å². The van der Waals surface area contributed by atoms with Crippen molar-refractivity contribution < 1.29 is 5.11 Å². The van der Waals surface area contributed by atoms with Gasteiger partial charge in [0.25, 0.3) is 0 Å². The van der Waals surface area contributed by atoms with Crippen LogP contribution in [0.5, 0.6) is 0 Å². The number of rotatable bonds is 3. The van der Waals surface area contributed by atoms with Gasteiger partial charge < -0.3 is 9.67 Å². The molecule has 2 heterocycles. The van der Waals surface area contributed by atoms with E-state index < -0.39 is 0 Å². The molecular weight excluding hydrogens is 222 g/mol. The lowest BCUT2D eigenvalue weighted by atomic mass is 10.1. The lowest BCUT2D eigenvalue weighted by Gasteiger charge is -2.14. The molecule has 0 aliphatic heterocycles. The number of hydrogen-bond donors (Lipinski definition) is 1. The molecule has 5 heteroatoms. The summed E-state index contributed by atoms with van der Waals surface area (Å²) >= 11 is 1.79. The molecule has 0 aromatic carbocycles. The first kappa shape index (κ1) is 11.3. The third kappa shape index (κ3) is 1.88. The van der Waals surface area contributed by atoms with Crippen LogP contribution in [-0.2, 0) is 6.61 Å². The second-order valence-electron chi connectivity index (χ2n) is 3.86. The van der Waals surface area contributed by atoms with Crippen molar-refractivity contribution in [2.45, 2.75) is 33.4 Å². The summed E-state index contributed by atoms with van der Waals surface area (Å²) in [5.41, 5.74) is 1.28. The zero-order valence-electron chi connectivity index (χ0n) is 9.64. The van der Waals surface area contributed by atoms with E-state index in [0.29, 0.717) is 5.82 Å². The largest absolute Gasteiger partial charge is 0.388 e. The Hall–Kier alpha value is -1.20. The van der Waals surface area contributed by atoms with Gasteiger partial charge in [0, 0.05) is 9.75 Å². The van der Waals surface area contributed by atoms with Crippen LogP contribution in [0, 0.1) is 13.8 Å². The maximum absolute atomic E-state index is 9.16. The van der Waals surface area contributed by atoms with E-state index in [-0.39, 0.29) is 12.6 Å². The van der Waals surface area contributed by atoms with E-state index in [1.165, 1.54) is 15.3 Å². The predicted molar refractivity (Wildman–Crippen MR) is 63.6 cm³/mol. The van der Waals surface area contributed by atoms with Crippen molar-refractivity contribution in [1.82, 2.24) is 14.8 Å². The number of nitrogens with zero attached hydrogens (tertiary/aromatic N) is 3. The summed E-state index contributed by atoms with van der Waals surface area (Å²) in [6.45, 7) is 6.24. The van der Waals surface area contributed by atoms with Gasteiger partial charge in [-0.2, -0.15) is 0 Å². The van der Waals surface area contributed by atoms with Crippen molar-refractivity contribution in [3.63, 3.8) is 0 Å². The fraction of sp³-hybridized carbons (Fsp3) is 0.455. The lowest BCUT2D eigenvalue weighted by Crippen LogP contribution is -2.10. The first-order valence-electron chi connectivity index (χ1n) is 5.19. The third-order valence-corrected chi connectivity index (χ3v) is 3.72. The summed E-state index contributed by atoms with van der Waals surface area (Å²) in [5.74, 6) is 0.607. The number of aliphatic hydroxyl groups is 1. The smallest absolute Gasteiger partial charge is 0.159 e. The second kappa shape index (κ2) is 4.35. The van der Waals surface area contributed by atoms with E-state index >= 15 is 0 Å². The van der Waals surface area contributed by atoms with Gasteiger partial charge in [-0.3, -0.25) is 0 Å². The fourth-order valence-corrected chi connectivity index (χ4v) is 2.93. The maximum atomic E-state index is 9.16. The molecule has 0 spiro atoms. The van der Waals surface area contributed by atoms with Gasteiger partial charge in [-0.25, -0.2) is 0 Å². The molecule has 0 aliphatic rings. The van der Waals surface area contributed by atoms with Crippen LogP contribution < -0.4 is 0 Å². The highest BCUT2D eigenvalue weighted by Crippen LogP contribution is 2.28. The Balaban J connectivity index is 2.38. The molecule has 1 atom stereocenters. The topological polar surface area (TPSA) is 50.9 Å². The molecule has 0 aliphatic carbocycles. The molecular formula is C11H15N3OS. The van der Waals surface area contributed by atoms with Crippen molar-refractivity contribution in [2.24, 2.45) is 0 Å². The van der Waals surface area contributed by atoms with Gasteiger partial charge in [0.05, 0.1) is 6.04 Å². The molecule has 0 fully saturated rings. The normalized spacial score (nSPS) is 13.0. The minimum Gasteiger partial charge on any atom is -0.388 e. The number of aliphatic hydroxyl groups excluding tert-OH is 1. The average Bonchev–Trinajstić information content (AvgIpc) is 2.83. The van der Waals surface area contributed by atoms with E-state index in [9.17, 15) is 0 Å². The van der Waals surface area contributed by atoms with Crippen molar-refractivity contribution in [3.05, 3.63) is 33.5 Å². The molecule has 1 unspecified atom stereocenters. The molecule has 1 N–H and O–H groups in total. The fourth-order valence-electron chi connectivity index (χ4n) is 1.92. The Kier molecular flexibility index (Phi) is 3.07. The quantitative estimate of drug-likeness (QED) is 0.889. The Bertz CT molecular complexity index is 489. The van der Waals surface area contributed by atoms with Crippen molar-refractivity contribution in [2.75, 3.05) is 0 Å². The number of hydrogen-bond acceptors (Lipinski definition) is 4. The molecule has 16 heavy (non-hydrogen) atoms. The van der Waals surface area contributed by atoms with E-state index in [4.69, 9.17) is 5.11 Å². The van der Waals surface area contributed by atoms with Gasteiger partial charge in [0.2, 0.25) is 0 Å². The summed E-state index contributed by atoms with van der Waals surface area (Å²) in [7, 11) is 0. The van der Waals surface area contributed by atoms with E-state index in [0.717, 1.165) is 0 Å². The Morgan fingerprint density at radius 1 is 1.50 bits per heavy atom. The van der Waals surface area contributed by atoms with Crippen LogP contribution in [0.15, 0.2) is 12.4 Å². The minimum absolute atomic E-state index is 0.0769. The van der Waals surface area contributed by atoms with E-state index in [2.05, 4.69) is 37.0 Å². The average molecular weight is 237 g/mol. The first-order chi connectivity index (χ1) is 7.63. The van der Waals surface area contributed by atoms with Crippen molar-refractivity contribution in [1.29, 1.82) is 0 Å². The Morgan fingerprint density at radius 3 is 2.81 bits per heavy atom. The van der Waals surface area contributed by atoms with Gasteiger partial charge in [-0.1, -0.05) is 0 Å². The van der Waals surface area contributed by atoms with Crippen LogP contribution >= 0.6 is 11.3 Å². The van der Waals surface area contributed by atoms with Crippen molar-refractivity contribution >= 4 is 11.3 Å². The molecule has 0 saturated heterocycles. The van der Waals surface area contributed by atoms with Gasteiger partial charge in [-0.05, 0) is 32.4 Å². The van der Waals surface area contributed by atoms with Crippen LogP contribution in [0.1, 0.15) is 34.1 Å². The molecule has 0 bridgehead atoms. The molecule has 0 amide bonds. The zero-order valence-corrected chi connectivity index (χ0v) is 10.5. The van der Waals surface area contributed by atoms with Crippen LogP contribution in [0.2, 0.25) is 0 Å². The monoisotopic (exact) mass is 237 g/mol. The number of thiophene rings is 1. The predicted octanol–water partition coefficient (Wildman–Crippen LogP) is 2.06. The molecule has 0 radical (unpaired) electrons. The number of aromatic nitrogens is 3. The highest BCUT2D eigenvalue weighted by atomic mass is 32.1. The molecule has 2 aromatic rings. The highest BCUT2D eigenvalue weighted by molar-refractivity contribution is 7.12. The Morgan fingerprint density at radius 2 is 2.25 bits per heavy atom. The SMILES string of the molecule is Cc1cc(C(C)n2cnnc2CO)c(C)s1. The highest BCUT2D eigenvalue weighted by Gasteiger charge is 2.15. The van der Waals surface area contributed by atoms with Gasteiger partial charge in [-0.15, -0.1) is 21.5 Å². The summed E-state index contributed by atoms with van der Waals surface area (Å²) in [6.07, 6.45) is 1.67. The van der Waals surface area contributed by atoms with Crippen LogP contribution in [0.3, 0.4) is 0 Å². The Labute approximate surface area is 98.6 Å². The maximum Gasteiger partial charge on any atom is 0.159 e. The lowest BCUT2D eigenvalue weighted by molar-refractivity contribution is 0.263. The van der Waals surface area contributed by atoms with Gasteiger partial charge in [0.15, 0.2) is 5.82 Å². The molecule has 0 saturated carbocycles. The zero-order chi connectivity index (χ0) is 11.7. The molecule has 2 aromatic heterocycles. The van der Waals surface area contributed by atoms with E-state index in [1.807, 2.05) is 4.57 Å². The second-order valence-corrected chi connectivity index (χ2v) is 5.32. The van der Waals surface area contributed by atoms with Crippen LogP contribution in [0.4, 0.5) is 0 Å². The summed E-state index contributed by atoms with van der Waals surface area (Å²) in [5, 5.41) is 16.9. The standard InChI is InChI=1S/C11H15N3OS/c1-7-4-10(9(3)16-7)8(2)14-6-12-13-11(14)5-15/h4,6,8,15H,5H2,1-3H3. The molecule has 86 valence electrons. The van der Waals surface area contributed by atoms with Crippen LogP contribution in [-0.4, -0.2) is 19.9 Å². The summed E-state index contributed by atoms with van der Waals surface area (Å²) in [6, 6.07) is 2.35. The first-order valence-corrected chi connectivity index (χ1v) is 6.01. The van der Waals surface area contributed by atoms with Crippen LogP contribution in [0.25, 0.3) is 0 Å². The molecule has 2 rings (SSSR count). The minimum atomic E-state index is -0.0769. The van der Waals surface area contributed by atoms with Gasteiger partial charge >= 0.3 is 0 Å². The van der Waals surface area contributed by atoms with Gasteiger partial charge in [0.1, 0.15) is 12.9 Å². The third-order valence-electron chi connectivity index (χ3n) is 2.74. The summed E-state index contributed by atoms with van der Waals surface area (Å²) in [4.78, 5) is 2.61. The summed E-state index contributed by atoms with van der Waals surface area (Å²) < 4.78 is 1.91. The molecule has 4 nitrogen and oxygen atoms in total. The number of aryl methyl sites for hydroxylation is 2. The van der Waals surface area contributed by atoms with E-state index in [1.54, 1.807) is 17.7 Å².